The van der Waals surface area contributed by atoms with Crippen molar-refractivity contribution in [2.24, 2.45) is 5.92 Å². The predicted octanol–water partition coefficient (Wildman–Crippen LogP) is 4.88. The quantitative estimate of drug-likeness (QED) is 0.315. The highest BCUT2D eigenvalue weighted by Crippen LogP contribution is 2.17. The summed E-state index contributed by atoms with van der Waals surface area (Å²) in [5, 5.41) is 0. The van der Waals surface area contributed by atoms with Crippen LogP contribution in [0.3, 0.4) is 0 Å². The molecule has 1 unspecified atom stereocenters. The van der Waals surface area contributed by atoms with Crippen LogP contribution in [0.5, 0.6) is 0 Å². The molecule has 0 rings (SSSR count). The number of allylic oxidation sites excluding steroid dienone is 1. The number of rotatable bonds is 10. The van der Waals surface area contributed by atoms with E-state index in [4.69, 9.17) is 4.74 Å². The fourth-order valence-corrected chi connectivity index (χ4v) is 1.97. The van der Waals surface area contributed by atoms with Gasteiger partial charge in [0.05, 0.1) is 6.61 Å². The zero-order valence-electron chi connectivity index (χ0n) is 12.6. The molecule has 18 heavy (non-hydrogen) atoms. The van der Waals surface area contributed by atoms with Gasteiger partial charge in [0.25, 0.3) is 0 Å². The molecule has 0 fully saturated rings. The molecular formula is C16H30O2. The van der Waals surface area contributed by atoms with Crippen LogP contribution in [0, 0.1) is 5.92 Å². The van der Waals surface area contributed by atoms with Gasteiger partial charge in [0.15, 0.2) is 0 Å². The monoisotopic (exact) mass is 254 g/mol. The van der Waals surface area contributed by atoms with Gasteiger partial charge in [-0.25, -0.2) is 4.79 Å². The van der Waals surface area contributed by atoms with Crippen molar-refractivity contribution >= 4 is 5.97 Å². The third-order valence-corrected chi connectivity index (χ3v) is 3.20. The molecule has 0 aromatic carbocycles. The van der Waals surface area contributed by atoms with Gasteiger partial charge in [-0.2, -0.15) is 0 Å². The number of ether oxygens (including phenoxy) is 1. The van der Waals surface area contributed by atoms with Crippen molar-refractivity contribution < 1.29 is 9.53 Å². The van der Waals surface area contributed by atoms with Crippen molar-refractivity contribution in [2.45, 2.75) is 72.6 Å². The molecule has 0 aromatic heterocycles. The van der Waals surface area contributed by atoms with Gasteiger partial charge in [-0.05, 0) is 32.1 Å². The zero-order chi connectivity index (χ0) is 13.8. The summed E-state index contributed by atoms with van der Waals surface area (Å²) in [6.07, 6.45) is 10.4. The average Bonchev–Trinajstić information content (AvgIpc) is 2.39. The molecular weight excluding hydrogens is 224 g/mol. The summed E-state index contributed by atoms with van der Waals surface area (Å²) in [5.74, 6) is 0.375. The first-order valence-corrected chi connectivity index (χ1v) is 7.51. The minimum absolute atomic E-state index is 0.149. The van der Waals surface area contributed by atoms with Gasteiger partial charge in [0.2, 0.25) is 0 Å². The van der Waals surface area contributed by atoms with E-state index in [1.807, 2.05) is 13.8 Å². The van der Waals surface area contributed by atoms with E-state index in [1.54, 1.807) is 0 Å². The lowest BCUT2D eigenvalue weighted by Gasteiger charge is -2.11. The Balaban J connectivity index is 4.09. The molecule has 0 radical (unpaired) electrons. The molecule has 0 bridgehead atoms. The van der Waals surface area contributed by atoms with Gasteiger partial charge in [-0.15, -0.1) is 0 Å². The normalized spacial score (nSPS) is 13.4. The van der Waals surface area contributed by atoms with Gasteiger partial charge in [0, 0.05) is 5.57 Å². The summed E-state index contributed by atoms with van der Waals surface area (Å²) in [7, 11) is 0. The molecule has 0 spiro atoms. The van der Waals surface area contributed by atoms with Crippen LogP contribution in [0.25, 0.3) is 0 Å². The number of carbonyl (C=O) groups excluding carboxylic acids is 1. The lowest BCUT2D eigenvalue weighted by molar-refractivity contribution is -0.139. The van der Waals surface area contributed by atoms with E-state index in [9.17, 15) is 4.79 Å². The highest BCUT2D eigenvalue weighted by Gasteiger charge is 2.09. The lowest BCUT2D eigenvalue weighted by Crippen LogP contribution is -2.08. The van der Waals surface area contributed by atoms with E-state index in [-0.39, 0.29) is 5.97 Å². The fraction of sp³-hybridized carbons (Fsp3) is 0.812. The van der Waals surface area contributed by atoms with E-state index >= 15 is 0 Å². The molecule has 0 amide bonds. The Hall–Kier alpha value is -0.790. The number of esters is 1. The van der Waals surface area contributed by atoms with Crippen molar-refractivity contribution in [1.29, 1.82) is 0 Å². The maximum absolute atomic E-state index is 11.6. The summed E-state index contributed by atoms with van der Waals surface area (Å²) in [6, 6.07) is 0. The molecule has 2 nitrogen and oxygen atoms in total. The molecule has 0 aliphatic rings. The minimum Gasteiger partial charge on any atom is -0.462 e. The number of hydrogen-bond acceptors (Lipinski definition) is 2. The first kappa shape index (κ1) is 17.2. The number of hydrogen-bond donors (Lipinski definition) is 0. The Morgan fingerprint density at radius 3 is 2.39 bits per heavy atom. The van der Waals surface area contributed by atoms with Crippen LogP contribution >= 0.6 is 0 Å². The highest BCUT2D eigenvalue weighted by atomic mass is 16.5. The Morgan fingerprint density at radius 2 is 1.83 bits per heavy atom. The molecule has 0 saturated carbocycles. The molecule has 0 aromatic rings. The minimum atomic E-state index is -0.149. The van der Waals surface area contributed by atoms with Gasteiger partial charge in [-0.3, -0.25) is 0 Å². The first-order chi connectivity index (χ1) is 8.65. The second-order valence-corrected chi connectivity index (χ2v) is 5.00. The van der Waals surface area contributed by atoms with Crippen molar-refractivity contribution in [2.75, 3.05) is 6.61 Å². The molecule has 0 aliphatic heterocycles. The van der Waals surface area contributed by atoms with Gasteiger partial charge >= 0.3 is 5.97 Å². The second-order valence-electron chi connectivity index (χ2n) is 5.00. The molecule has 1 atom stereocenters. The van der Waals surface area contributed by atoms with Crippen molar-refractivity contribution in [3.63, 3.8) is 0 Å². The highest BCUT2D eigenvalue weighted by molar-refractivity contribution is 5.87. The maximum Gasteiger partial charge on any atom is 0.333 e. The standard InChI is InChI=1S/C16H30O2/c1-5-8-9-10-11-15(7-3)13-14(4)16(17)18-12-6-2/h13,15H,5-12H2,1-4H3. The van der Waals surface area contributed by atoms with Gasteiger partial charge < -0.3 is 4.74 Å². The average molecular weight is 254 g/mol. The van der Waals surface area contributed by atoms with Crippen LogP contribution < -0.4 is 0 Å². The van der Waals surface area contributed by atoms with E-state index in [0.29, 0.717) is 12.5 Å². The van der Waals surface area contributed by atoms with Crippen molar-refractivity contribution in [1.82, 2.24) is 0 Å². The smallest absolute Gasteiger partial charge is 0.333 e. The van der Waals surface area contributed by atoms with Crippen LogP contribution in [-0.2, 0) is 9.53 Å². The van der Waals surface area contributed by atoms with Gasteiger partial charge in [-0.1, -0.05) is 52.5 Å². The topological polar surface area (TPSA) is 26.3 Å². The van der Waals surface area contributed by atoms with E-state index in [0.717, 1.165) is 18.4 Å². The molecule has 0 N–H and O–H groups in total. The van der Waals surface area contributed by atoms with E-state index < -0.39 is 0 Å². The molecule has 2 heteroatoms. The largest absolute Gasteiger partial charge is 0.462 e. The van der Waals surface area contributed by atoms with Crippen LogP contribution in [0.2, 0.25) is 0 Å². The van der Waals surface area contributed by atoms with E-state index in [2.05, 4.69) is 19.9 Å². The summed E-state index contributed by atoms with van der Waals surface area (Å²) in [4.78, 5) is 11.6. The summed E-state index contributed by atoms with van der Waals surface area (Å²) >= 11 is 0. The van der Waals surface area contributed by atoms with E-state index in [1.165, 1.54) is 32.1 Å². The molecule has 0 heterocycles. The third kappa shape index (κ3) is 8.32. The summed E-state index contributed by atoms with van der Waals surface area (Å²) < 4.78 is 5.13. The van der Waals surface area contributed by atoms with Crippen LogP contribution in [0.4, 0.5) is 0 Å². The fourth-order valence-electron chi connectivity index (χ4n) is 1.97. The summed E-state index contributed by atoms with van der Waals surface area (Å²) in [6.45, 7) is 8.82. The second kappa shape index (κ2) is 11.3. The zero-order valence-corrected chi connectivity index (χ0v) is 12.6. The van der Waals surface area contributed by atoms with Crippen molar-refractivity contribution in [3.05, 3.63) is 11.6 Å². The summed E-state index contributed by atoms with van der Waals surface area (Å²) in [5.41, 5.74) is 0.769. The Morgan fingerprint density at radius 1 is 1.11 bits per heavy atom. The lowest BCUT2D eigenvalue weighted by atomic mass is 9.96. The van der Waals surface area contributed by atoms with Crippen LogP contribution in [0.15, 0.2) is 11.6 Å². The Kier molecular flexibility index (Phi) is 10.8. The van der Waals surface area contributed by atoms with Crippen LogP contribution in [-0.4, -0.2) is 12.6 Å². The molecule has 106 valence electrons. The van der Waals surface area contributed by atoms with Gasteiger partial charge in [0.1, 0.15) is 0 Å². The number of unbranched alkanes of at least 4 members (excludes halogenated alkanes) is 3. The molecule has 0 aliphatic carbocycles. The third-order valence-electron chi connectivity index (χ3n) is 3.20. The Bertz CT molecular complexity index is 243. The maximum atomic E-state index is 11.6. The van der Waals surface area contributed by atoms with Crippen LogP contribution in [0.1, 0.15) is 72.6 Å². The first-order valence-electron chi connectivity index (χ1n) is 7.51. The number of carbonyl (C=O) groups is 1. The Labute approximate surface area is 113 Å². The molecule has 0 saturated heterocycles. The SMILES string of the molecule is CCCCCCC(C=C(C)C(=O)OCCC)CC. The predicted molar refractivity (Wildman–Crippen MR) is 77.5 cm³/mol. The van der Waals surface area contributed by atoms with Crippen molar-refractivity contribution in [3.8, 4) is 0 Å².